The van der Waals surface area contributed by atoms with Gasteiger partial charge < -0.3 is 14.8 Å². The van der Waals surface area contributed by atoms with Crippen LogP contribution in [0, 0.1) is 5.82 Å². The third kappa shape index (κ3) is 5.93. The monoisotopic (exact) mass is 363 g/mol. The number of anilines is 1. The molecular formula is C18H15ClFNO4. The van der Waals surface area contributed by atoms with E-state index in [0.717, 1.165) is 6.08 Å². The van der Waals surface area contributed by atoms with Crippen LogP contribution in [-0.2, 0) is 14.3 Å². The minimum absolute atomic E-state index is 0.343. The summed E-state index contributed by atoms with van der Waals surface area (Å²) in [6.45, 7) is -0.462. The van der Waals surface area contributed by atoms with Gasteiger partial charge >= 0.3 is 5.97 Å². The quantitative estimate of drug-likeness (QED) is 0.628. The fourth-order valence-corrected chi connectivity index (χ4v) is 2.16. The van der Waals surface area contributed by atoms with Crippen molar-refractivity contribution < 1.29 is 23.5 Å². The molecule has 7 heteroatoms. The summed E-state index contributed by atoms with van der Waals surface area (Å²) in [5.74, 6) is -1.16. The molecular weight excluding hydrogens is 349 g/mol. The zero-order valence-corrected chi connectivity index (χ0v) is 14.0. The average Bonchev–Trinajstić information content (AvgIpc) is 2.58. The number of carbonyl (C=O) groups is 2. The smallest absolute Gasteiger partial charge is 0.331 e. The van der Waals surface area contributed by atoms with Crippen molar-refractivity contribution in [2.45, 2.75) is 0 Å². The van der Waals surface area contributed by atoms with Gasteiger partial charge in [-0.15, -0.1) is 0 Å². The van der Waals surface area contributed by atoms with Crippen LogP contribution >= 0.6 is 11.6 Å². The lowest BCUT2D eigenvalue weighted by molar-refractivity contribution is -0.142. The molecule has 0 saturated carbocycles. The minimum Gasteiger partial charge on any atom is -0.495 e. The first kappa shape index (κ1) is 18.5. The molecule has 0 bridgehead atoms. The van der Waals surface area contributed by atoms with Crippen LogP contribution in [0.4, 0.5) is 10.1 Å². The molecule has 25 heavy (non-hydrogen) atoms. The molecule has 1 N–H and O–H groups in total. The molecule has 0 spiro atoms. The van der Waals surface area contributed by atoms with Crippen molar-refractivity contribution in [1.29, 1.82) is 0 Å². The van der Waals surface area contributed by atoms with Gasteiger partial charge in [-0.1, -0.05) is 23.7 Å². The second kappa shape index (κ2) is 8.84. The number of amides is 1. The number of hydrogen-bond donors (Lipinski definition) is 1. The molecule has 0 saturated heterocycles. The maximum absolute atomic E-state index is 13.0. The Morgan fingerprint density at radius 1 is 1.24 bits per heavy atom. The van der Waals surface area contributed by atoms with E-state index in [0.29, 0.717) is 22.0 Å². The fourth-order valence-electron chi connectivity index (χ4n) is 1.90. The summed E-state index contributed by atoms with van der Waals surface area (Å²) < 4.78 is 22.8. The maximum Gasteiger partial charge on any atom is 0.331 e. The minimum atomic E-state index is -0.716. The van der Waals surface area contributed by atoms with Gasteiger partial charge in [-0.05, 0) is 42.0 Å². The van der Waals surface area contributed by atoms with Gasteiger partial charge in [0.05, 0.1) is 12.1 Å². The van der Waals surface area contributed by atoms with E-state index in [1.165, 1.54) is 37.5 Å². The van der Waals surface area contributed by atoms with E-state index < -0.39 is 24.3 Å². The first-order valence-electron chi connectivity index (χ1n) is 7.22. The van der Waals surface area contributed by atoms with Gasteiger partial charge in [-0.3, -0.25) is 4.79 Å². The number of halogens is 2. The predicted octanol–water partition coefficient (Wildman–Crippen LogP) is 3.68. The van der Waals surface area contributed by atoms with E-state index in [4.69, 9.17) is 21.1 Å². The van der Waals surface area contributed by atoms with E-state index in [1.807, 2.05) is 0 Å². The predicted molar refractivity (Wildman–Crippen MR) is 93.0 cm³/mol. The molecule has 0 aromatic heterocycles. The van der Waals surface area contributed by atoms with Crippen molar-refractivity contribution in [2.75, 3.05) is 19.0 Å². The number of esters is 1. The normalized spacial score (nSPS) is 10.5. The van der Waals surface area contributed by atoms with Crippen LogP contribution in [0.25, 0.3) is 6.08 Å². The molecule has 0 unspecified atom stereocenters. The van der Waals surface area contributed by atoms with Crippen molar-refractivity contribution >= 4 is 35.2 Å². The van der Waals surface area contributed by atoms with Crippen molar-refractivity contribution in [3.63, 3.8) is 0 Å². The highest BCUT2D eigenvalue weighted by molar-refractivity contribution is 6.32. The molecule has 0 fully saturated rings. The second-order valence-electron chi connectivity index (χ2n) is 4.89. The Morgan fingerprint density at radius 2 is 2.04 bits per heavy atom. The van der Waals surface area contributed by atoms with Crippen LogP contribution in [0.1, 0.15) is 5.56 Å². The lowest BCUT2D eigenvalue weighted by atomic mass is 10.2. The van der Waals surface area contributed by atoms with Crippen LogP contribution in [0.2, 0.25) is 5.02 Å². The number of rotatable bonds is 6. The number of ether oxygens (including phenoxy) is 2. The van der Waals surface area contributed by atoms with E-state index in [9.17, 15) is 14.0 Å². The number of benzene rings is 2. The SMILES string of the molecule is COc1ccc(NC(=O)COC(=O)/C=C/c2cccc(F)c2)cc1Cl. The van der Waals surface area contributed by atoms with Crippen LogP contribution in [0.3, 0.4) is 0 Å². The molecule has 0 radical (unpaired) electrons. The summed E-state index contributed by atoms with van der Waals surface area (Å²) in [5.41, 5.74) is 0.955. The molecule has 0 aliphatic carbocycles. The van der Waals surface area contributed by atoms with Gasteiger partial charge in [-0.25, -0.2) is 9.18 Å². The number of nitrogens with one attached hydrogen (secondary N) is 1. The standard InChI is InChI=1S/C18H15ClFNO4/c1-24-16-7-6-14(10-15(16)19)21-17(22)11-25-18(23)8-5-12-3-2-4-13(20)9-12/h2-10H,11H2,1H3,(H,21,22)/b8-5+. The zero-order valence-electron chi connectivity index (χ0n) is 13.3. The molecule has 5 nitrogen and oxygen atoms in total. The van der Waals surface area contributed by atoms with Gasteiger partial charge in [0, 0.05) is 11.8 Å². The number of hydrogen-bond acceptors (Lipinski definition) is 4. The highest BCUT2D eigenvalue weighted by atomic mass is 35.5. The van der Waals surface area contributed by atoms with Gasteiger partial charge in [0.2, 0.25) is 0 Å². The summed E-state index contributed by atoms with van der Waals surface area (Å²) in [5, 5.41) is 2.88. The largest absolute Gasteiger partial charge is 0.495 e. The van der Waals surface area contributed by atoms with Gasteiger partial charge in [0.25, 0.3) is 5.91 Å². The molecule has 0 heterocycles. The summed E-state index contributed by atoms with van der Waals surface area (Å²) >= 11 is 5.95. The highest BCUT2D eigenvalue weighted by Crippen LogP contribution is 2.27. The van der Waals surface area contributed by atoms with Crippen LogP contribution in [-0.4, -0.2) is 25.6 Å². The molecule has 130 valence electrons. The van der Waals surface area contributed by atoms with Crippen molar-refractivity contribution in [1.82, 2.24) is 0 Å². The van der Waals surface area contributed by atoms with E-state index in [-0.39, 0.29) is 0 Å². The molecule has 2 aromatic carbocycles. The third-order valence-electron chi connectivity index (χ3n) is 3.04. The van der Waals surface area contributed by atoms with Crippen LogP contribution in [0.15, 0.2) is 48.5 Å². The first-order valence-corrected chi connectivity index (χ1v) is 7.59. The molecule has 0 aliphatic rings. The highest BCUT2D eigenvalue weighted by Gasteiger charge is 2.08. The lowest BCUT2D eigenvalue weighted by Gasteiger charge is -2.08. The van der Waals surface area contributed by atoms with Gasteiger partial charge in [-0.2, -0.15) is 0 Å². The van der Waals surface area contributed by atoms with E-state index >= 15 is 0 Å². The molecule has 0 aliphatic heterocycles. The third-order valence-corrected chi connectivity index (χ3v) is 3.34. The Kier molecular flexibility index (Phi) is 6.54. The van der Waals surface area contributed by atoms with Gasteiger partial charge in [0.15, 0.2) is 6.61 Å². The van der Waals surface area contributed by atoms with Crippen molar-refractivity contribution in [3.8, 4) is 5.75 Å². The van der Waals surface area contributed by atoms with Crippen molar-refractivity contribution in [2.24, 2.45) is 0 Å². The average molecular weight is 364 g/mol. The molecule has 1 amide bonds. The van der Waals surface area contributed by atoms with E-state index in [2.05, 4.69) is 5.32 Å². The number of methoxy groups -OCH3 is 1. The topological polar surface area (TPSA) is 64.6 Å². The maximum atomic E-state index is 13.0. The Morgan fingerprint density at radius 3 is 2.72 bits per heavy atom. The molecule has 0 atom stereocenters. The fraction of sp³-hybridized carbons (Fsp3) is 0.111. The summed E-state index contributed by atoms with van der Waals surface area (Å²) in [4.78, 5) is 23.3. The Bertz CT molecular complexity index is 807. The second-order valence-corrected chi connectivity index (χ2v) is 5.30. The van der Waals surface area contributed by atoms with Crippen LogP contribution < -0.4 is 10.1 Å². The van der Waals surface area contributed by atoms with Crippen molar-refractivity contribution in [3.05, 3.63) is 64.9 Å². The Labute approximate surface area is 149 Å². The number of carbonyl (C=O) groups excluding carboxylic acids is 2. The van der Waals surface area contributed by atoms with Gasteiger partial charge in [0.1, 0.15) is 11.6 Å². The molecule has 2 aromatic rings. The molecule has 2 rings (SSSR count). The lowest BCUT2D eigenvalue weighted by Crippen LogP contribution is -2.20. The summed E-state index contributed by atoms with van der Waals surface area (Å²) in [6.07, 6.45) is 2.51. The Balaban J connectivity index is 1.83. The van der Waals surface area contributed by atoms with Crippen LogP contribution in [0.5, 0.6) is 5.75 Å². The first-order chi connectivity index (χ1) is 12.0. The zero-order chi connectivity index (χ0) is 18.2. The summed E-state index contributed by atoms with van der Waals surface area (Å²) in [6, 6.07) is 10.4. The summed E-state index contributed by atoms with van der Waals surface area (Å²) in [7, 11) is 1.48. The van der Waals surface area contributed by atoms with E-state index in [1.54, 1.807) is 18.2 Å². The Hall–Kier alpha value is -2.86.